The van der Waals surface area contributed by atoms with E-state index in [1.54, 1.807) is 0 Å². The van der Waals surface area contributed by atoms with Crippen LogP contribution in [0.5, 0.6) is 0 Å². The lowest BCUT2D eigenvalue weighted by Crippen LogP contribution is -2.28. The molecule has 9 heteroatoms. The lowest BCUT2D eigenvalue weighted by molar-refractivity contribution is 0.405. The number of hydrazine groups is 1. The van der Waals surface area contributed by atoms with E-state index in [1.165, 1.54) is 6.08 Å². The smallest absolute Gasteiger partial charge is 0.225 e. The molecule has 0 aliphatic carbocycles. The predicted molar refractivity (Wildman–Crippen MR) is 45.5 cm³/mol. The number of nitrogens with one attached hydrogen (secondary N) is 2. The molecule has 2 rings (SSSR count). The Bertz CT molecular complexity index is 355. The Kier molecular flexibility index (Phi) is 2.03. The van der Waals surface area contributed by atoms with Crippen LogP contribution in [0, 0.1) is 0 Å². The predicted octanol–water partition coefficient (Wildman–Crippen LogP) is -0.0420. The van der Waals surface area contributed by atoms with Crippen molar-refractivity contribution in [1.82, 2.24) is 30.7 Å². The summed E-state index contributed by atoms with van der Waals surface area (Å²) in [5.74, 6) is 0.324. The molecule has 2 heterocycles. The third-order valence-electron chi connectivity index (χ3n) is 1.23. The van der Waals surface area contributed by atoms with Gasteiger partial charge in [-0.1, -0.05) is 11.6 Å². The van der Waals surface area contributed by atoms with Crippen molar-refractivity contribution in [2.45, 2.75) is 0 Å². The summed E-state index contributed by atoms with van der Waals surface area (Å²) in [6.07, 6.45) is 1.53. The average Bonchev–Trinajstić information content (AvgIpc) is 2.53. The number of H-pyrrole nitrogens is 1. The van der Waals surface area contributed by atoms with Crippen LogP contribution in [-0.4, -0.2) is 31.0 Å². The van der Waals surface area contributed by atoms with Crippen LogP contribution in [0.15, 0.2) is 16.3 Å². The second-order valence-electron chi connectivity index (χ2n) is 2.08. The fraction of sp³-hybridized carbons (Fsp3) is 0. The Morgan fingerprint density at radius 3 is 2.92 bits per heavy atom. The maximum atomic E-state index is 5.68. The van der Waals surface area contributed by atoms with Crippen LogP contribution in [0.2, 0.25) is 0 Å². The SMILES string of the molecule is ClC1=CC(c2nn[nH]n2)=NN(Cl)N1. The Morgan fingerprint density at radius 2 is 2.31 bits per heavy atom. The van der Waals surface area contributed by atoms with Gasteiger partial charge in [0.05, 0.1) is 11.8 Å². The van der Waals surface area contributed by atoms with E-state index in [1.807, 2.05) is 0 Å². The molecular formula is C4H3Cl2N7. The number of aromatic nitrogens is 4. The van der Waals surface area contributed by atoms with Gasteiger partial charge < -0.3 is 0 Å². The molecule has 1 aliphatic rings. The molecule has 0 unspecified atom stereocenters. The number of hydrazone groups is 1. The molecule has 0 saturated heterocycles. The van der Waals surface area contributed by atoms with Crippen LogP contribution in [0.1, 0.15) is 5.82 Å². The molecule has 0 aromatic carbocycles. The maximum Gasteiger partial charge on any atom is 0.225 e. The first-order chi connectivity index (χ1) is 6.25. The van der Waals surface area contributed by atoms with Crippen molar-refractivity contribution in [2.75, 3.05) is 0 Å². The molecule has 0 spiro atoms. The monoisotopic (exact) mass is 219 g/mol. The van der Waals surface area contributed by atoms with Crippen molar-refractivity contribution in [1.29, 1.82) is 0 Å². The minimum Gasteiger partial charge on any atom is -0.256 e. The van der Waals surface area contributed by atoms with Crippen LogP contribution >= 0.6 is 23.4 Å². The lowest BCUT2D eigenvalue weighted by Gasteiger charge is -2.15. The number of tetrazole rings is 1. The van der Waals surface area contributed by atoms with Gasteiger partial charge in [-0.05, 0) is 5.21 Å². The first-order valence-corrected chi connectivity index (χ1v) is 3.89. The standard InChI is InChI=1S/C4H3Cl2N7/c5-3-1-2(9-13(6)10-3)4-7-11-12-8-4/h1,10H,(H,7,8,11,12). The van der Waals surface area contributed by atoms with Gasteiger partial charge in [-0.2, -0.15) is 5.21 Å². The van der Waals surface area contributed by atoms with Crippen molar-refractivity contribution in [3.8, 4) is 0 Å². The van der Waals surface area contributed by atoms with Gasteiger partial charge in [-0.15, -0.1) is 19.9 Å². The molecular weight excluding hydrogens is 217 g/mol. The van der Waals surface area contributed by atoms with Gasteiger partial charge in [-0.25, -0.2) is 0 Å². The third kappa shape index (κ3) is 1.70. The highest BCUT2D eigenvalue weighted by atomic mass is 35.5. The van der Waals surface area contributed by atoms with Crippen LogP contribution < -0.4 is 5.43 Å². The number of hydrogen-bond acceptors (Lipinski definition) is 6. The number of hydrogen-bond donors (Lipinski definition) is 2. The summed E-state index contributed by atoms with van der Waals surface area (Å²) >= 11 is 11.2. The van der Waals surface area contributed by atoms with Gasteiger partial charge in [0.1, 0.15) is 10.9 Å². The molecule has 0 fully saturated rings. The van der Waals surface area contributed by atoms with Gasteiger partial charge in [0.25, 0.3) is 0 Å². The number of rotatable bonds is 1. The van der Waals surface area contributed by atoms with Gasteiger partial charge in [-0.3, -0.25) is 5.43 Å². The molecule has 0 atom stereocenters. The van der Waals surface area contributed by atoms with Crippen LogP contribution in [-0.2, 0) is 0 Å². The Labute approximate surface area is 82.5 Å². The van der Waals surface area contributed by atoms with Crippen LogP contribution in [0.25, 0.3) is 0 Å². The van der Waals surface area contributed by atoms with Crippen molar-refractivity contribution >= 4 is 29.1 Å². The van der Waals surface area contributed by atoms with Gasteiger partial charge in [0, 0.05) is 6.08 Å². The first-order valence-electron chi connectivity index (χ1n) is 3.18. The van der Waals surface area contributed by atoms with Crippen molar-refractivity contribution in [3.05, 3.63) is 17.1 Å². The molecule has 0 saturated carbocycles. The molecule has 68 valence electrons. The highest BCUT2D eigenvalue weighted by Crippen LogP contribution is 2.09. The summed E-state index contributed by atoms with van der Waals surface area (Å²) < 4.78 is 0.939. The van der Waals surface area contributed by atoms with E-state index in [0.717, 1.165) is 4.64 Å². The second kappa shape index (κ2) is 3.19. The summed E-state index contributed by atoms with van der Waals surface area (Å²) in [6.45, 7) is 0. The number of allylic oxidation sites excluding steroid dienone is 1. The van der Waals surface area contributed by atoms with E-state index >= 15 is 0 Å². The molecule has 7 nitrogen and oxygen atoms in total. The molecule has 0 radical (unpaired) electrons. The number of aromatic amines is 1. The zero-order valence-electron chi connectivity index (χ0n) is 6.07. The van der Waals surface area contributed by atoms with Crippen molar-refractivity contribution in [3.63, 3.8) is 0 Å². The lowest BCUT2D eigenvalue weighted by atomic mass is 10.3. The fourth-order valence-corrected chi connectivity index (χ4v) is 1.17. The molecule has 1 aromatic heterocycles. The van der Waals surface area contributed by atoms with E-state index in [-0.39, 0.29) is 0 Å². The largest absolute Gasteiger partial charge is 0.256 e. The van der Waals surface area contributed by atoms with Crippen molar-refractivity contribution < 1.29 is 0 Å². The van der Waals surface area contributed by atoms with Gasteiger partial charge in [0.2, 0.25) is 5.82 Å². The van der Waals surface area contributed by atoms with E-state index in [2.05, 4.69) is 31.2 Å². The summed E-state index contributed by atoms with van der Waals surface area (Å²) in [6, 6.07) is 0. The van der Waals surface area contributed by atoms with E-state index in [4.69, 9.17) is 23.4 Å². The molecule has 13 heavy (non-hydrogen) atoms. The van der Waals surface area contributed by atoms with Crippen molar-refractivity contribution in [2.24, 2.45) is 5.10 Å². The third-order valence-corrected chi connectivity index (χ3v) is 1.59. The van der Waals surface area contributed by atoms with Gasteiger partial charge in [0.15, 0.2) is 0 Å². The van der Waals surface area contributed by atoms with Crippen LogP contribution in [0.4, 0.5) is 0 Å². The molecule has 2 N–H and O–H groups in total. The molecule has 1 aliphatic heterocycles. The van der Waals surface area contributed by atoms with Crippen LogP contribution in [0.3, 0.4) is 0 Å². The number of halogens is 2. The Morgan fingerprint density at radius 1 is 1.46 bits per heavy atom. The van der Waals surface area contributed by atoms with E-state index in [0.29, 0.717) is 16.7 Å². The van der Waals surface area contributed by atoms with E-state index in [9.17, 15) is 0 Å². The zero-order chi connectivity index (χ0) is 9.26. The zero-order valence-corrected chi connectivity index (χ0v) is 7.58. The topological polar surface area (TPSA) is 82.1 Å². The maximum absolute atomic E-state index is 5.68. The highest BCUT2D eigenvalue weighted by Gasteiger charge is 2.14. The second-order valence-corrected chi connectivity index (χ2v) is 2.81. The highest BCUT2D eigenvalue weighted by molar-refractivity contribution is 6.32. The minimum atomic E-state index is 0.324. The Balaban J connectivity index is 2.34. The summed E-state index contributed by atoms with van der Waals surface area (Å²) in [5, 5.41) is 17.3. The first kappa shape index (κ1) is 8.27. The summed E-state index contributed by atoms with van der Waals surface area (Å²) in [4.78, 5) is 0. The minimum absolute atomic E-state index is 0.324. The van der Waals surface area contributed by atoms with E-state index < -0.39 is 0 Å². The fourth-order valence-electron chi connectivity index (χ4n) is 0.768. The average molecular weight is 220 g/mol. The summed E-state index contributed by atoms with van der Waals surface area (Å²) in [7, 11) is 0. The molecule has 1 aromatic rings. The van der Waals surface area contributed by atoms with Gasteiger partial charge >= 0.3 is 0 Å². The molecule has 0 bridgehead atoms. The normalized spacial score (nSPS) is 16.3. The Hall–Kier alpha value is -1.34. The summed E-state index contributed by atoms with van der Waals surface area (Å²) in [5.41, 5.74) is 2.95. The molecule has 0 amide bonds. The quantitative estimate of drug-likeness (QED) is 0.512. The number of nitrogens with zero attached hydrogens (tertiary/aromatic N) is 5.